The maximum Gasteiger partial charge on any atom is 0.259 e. The summed E-state index contributed by atoms with van der Waals surface area (Å²) in [6.07, 6.45) is 0.177. The van der Waals surface area contributed by atoms with Gasteiger partial charge in [0, 0.05) is 11.1 Å². The van der Waals surface area contributed by atoms with Crippen LogP contribution in [0.5, 0.6) is 0 Å². The van der Waals surface area contributed by atoms with Crippen LogP contribution in [0, 0.1) is 0 Å². The minimum Gasteiger partial charge on any atom is -0.507 e. The van der Waals surface area contributed by atoms with Crippen LogP contribution in [0.3, 0.4) is 0 Å². The number of aliphatic hydroxyl groups is 4. The van der Waals surface area contributed by atoms with E-state index in [1.807, 2.05) is 0 Å². The van der Waals surface area contributed by atoms with Gasteiger partial charge in [0.05, 0.1) is 0 Å². The highest BCUT2D eigenvalue weighted by molar-refractivity contribution is 5.99. The molecule has 1 aliphatic carbocycles. The molecule has 2 rings (SSSR count). The van der Waals surface area contributed by atoms with Gasteiger partial charge in [-0.05, 0) is 12.2 Å². The number of ketones is 1. The molecule has 0 heterocycles. The summed E-state index contributed by atoms with van der Waals surface area (Å²) in [6, 6.07) is 8.30. The molecule has 1 aliphatic rings. The molecule has 0 spiro atoms. The molecule has 4 N–H and O–H groups in total. The summed E-state index contributed by atoms with van der Waals surface area (Å²) < 4.78 is 0. The van der Waals surface area contributed by atoms with Crippen molar-refractivity contribution >= 4 is 11.5 Å². The van der Waals surface area contributed by atoms with Crippen LogP contribution in [0.4, 0.5) is 0 Å². The average Bonchev–Trinajstić information content (AvgIpc) is 2.37. The van der Waals surface area contributed by atoms with E-state index < -0.39 is 17.7 Å². The van der Waals surface area contributed by atoms with E-state index in [2.05, 4.69) is 0 Å². The summed E-state index contributed by atoms with van der Waals surface area (Å²) in [6.45, 7) is 0. The van der Waals surface area contributed by atoms with Crippen molar-refractivity contribution in [3.05, 3.63) is 53.6 Å². The van der Waals surface area contributed by atoms with Crippen molar-refractivity contribution in [2.24, 2.45) is 0 Å². The predicted molar refractivity (Wildman–Crippen MR) is 63.3 cm³/mol. The number of benzene rings is 1. The second-order valence-electron chi connectivity index (χ2n) is 4.00. The van der Waals surface area contributed by atoms with E-state index in [-0.39, 0.29) is 11.3 Å². The average molecular weight is 248 g/mol. The van der Waals surface area contributed by atoms with Gasteiger partial charge in [0.1, 0.15) is 11.9 Å². The van der Waals surface area contributed by atoms with Gasteiger partial charge in [-0.15, -0.1) is 0 Å². The van der Waals surface area contributed by atoms with E-state index in [1.165, 1.54) is 6.08 Å². The maximum atomic E-state index is 11.2. The second kappa shape index (κ2) is 4.38. The SMILES string of the molecule is O=C1C=CC(=C(O)c2ccccc2)C(O)C1(O)O. The van der Waals surface area contributed by atoms with Gasteiger partial charge >= 0.3 is 0 Å². The van der Waals surface area contributed by atoms with Gasteiger partial charge < -0.3 is 20.4 Å². The Kier molecular flexibility index (Phi) is 3.04. The zero-order valence-corrected chi connectivity index (χ0v) is 9.32. The van der Waals surface area contributed by atoms with E-state index >= 15 is 0 Å². The Balaban J connectivity index is 2.51. The zero-order valence-electron chi connectivity index (χ0n) is 9.32. The van der Waals surface area contributed by atoms with Crippen LogP contribution in [0.1, 0.15) is 5.56 Å². The molecule has 5 heteroatoms. The molecule has 0 fully saturated rings. The number of carbonyl (C=O) groups is 1. The highest BCUT2D eigenvalue weighted by Crippen LogP contribution is 2.28. The topological polar surface area (TPSA) is 98.0 Å². The number of aliphatic hydroxyl groups excluding tert-OH is 2. The summed E-state index contributed by atoms with van der Waals surface area (Å²) in [5.74, 6) is -4.24. The Bertz CT molecular complexity index is 528. The Morgan fingerprint density at radius 2 is 1.72 bits per heavy atom. The first-order valence-electron chi connectivity index (χ1n) is 5.28. The minimum atomic E-state index is -2.91. The van der Waals surface area contributed by atoms with Gasteiger partial charge in [0.15, 0.2) is 0 Å². The van der Waals surface area contributed by atoms with Crippen LogP contribution in [0.25, 0.3) is 5.76 Å². The third-order valence-electron chi connectivity index (χ3n) is 2.77. The smallest absolute Gasteiger partial charge is 0.259 e. The summed E-state index contributed by atoms with van der Waals surface area (Å²) in [7, 11) is 0. The first-order valence-corrected chi connectivity index (χ1v) is 5.28. The number of carbonyl (C=O) groups excluding carboxylic acids is 1. The van der Waals surface area contributed by atoms with Crippen LogP contribution >= 0.6 is 0 Å². The van der Waals surface area contributed by atoms with Crippen molar-refractivity contribution < 1.29 is 25.2 Å². The highest BCUT2D eigenvalue weighted by Gasteiger charge is 2.45. The fourth-order valence-corrected chi connectivity index (χ4v) is 1.70. The van der Waals surface area contributed by atoms with Crippen molar-refractivity contribution in [3.8, 4) is 0 Å². The molecule has 0 amide bonds. The molecule has 0 radical (unpaired) electrons. The Labute approximate surface area is 103 Å². The normalized spacial score (nSPS) is 25.1. The maximum absolute atomic E-state index is 11.2. The van der Waals surface area contributed by atoms with Gasteiger partial charge in [-0.1, -0.05) is 30.3 Å². The lowest BCUT2D eigenvalue weighted by molar-refractivity contribution is -0.208. The summed E-state index contributed by atoms with van der Waals surface area (Å²) >= 11 is 0. The van der Waals surface area contributed by atoms with Gasteiger partial charge in [-0.2, -0.15) is 0 Å². The van der Waals surface area contributed by atoms with Crippen molar-refractivity contribution in [2.45, 2.75) is 11.9 Å². The zero-order chi connectivity index (χ0) is 13.3. The minimum absolute atomic E-state index is 0.120. The predicted octanol–water partition coefficient (Wildman–Crippen LogP) is 0.136. The molecular weight excluding hydrogens is 236 g/mol. The summed E-state index contributed by atoms with van der Waals surface area (Å²) in [5, 5.41) is 38.6. The molecule has 1 atom stereocenters. The van der Waals surface area contributed by atoms with Crippen molar-refractivity contribution in [2.75, 3.05) is 0 Å². The first-order chi connectivity index (χ1) is 8.44. The number of rotatable bonds is 1. The first kappa shape index (κ1) is 12.5. The van der Waals surface area contributed by atoms with E-state index in [0.717, 1.165) is 6.08 Å². The van der Waals surface area contributed by atoms with Crippen molar-refractivity contribution in [1.29, 1.82) is 0 Å². The lowest BCUT2D eigenvalue weighted by atomic mass is 9.89. The fraction of sp³-hybridized carbons (Fsp3) is 0.154. The lowest BCUT2D eigenvalue weighted by Crippen LogP contribution is -2.51. The van der Waals surface area contributed by atoms with Crippen LogP contribution in [0.2, 0.25) is 0 Å². The molecule has 0 bridgehead atoms. The molecule has 1 aromatic rings. The Morgan fingerprint density at radius 3 is 2.33 bits per heavy atom. The molecule has 0 aliphatic heterocycles. The molecule has 1 unspecified atom stereocenters. The van der Waals surface area contributed by atoms with Gasteiger partial charge in [0.2, 0.25) is 5.78 Å². The van der Waals surface area contributed by atoms with Crippen molar-refractivity contribution in [1.82, 2.24) is 0 Å². The summed E-state index contributed by atoms with van der Waals surface area (Å²) in [4.78, 5) is 11.2. The molecule has 94 valence electrons. The fourth-order valence-electron chi connectivity index (χ4n) is 1.70. The second-order valence-corrected chi connectivity index (χ2v) is 4.00. The molecule has 0 aromatic heterocycles. The molecule has 0 saturated carbocycles. The third-order valence-corrected chi connectivity index (χ3v) is 2.77. The molecule has 5 nitrogen and oxygen atoms in total. The van der Waals surface area contributed by atoms with E-state index in [1.54, 1.807) is 30.3 Å². The summed E-state index contributed by atoms with van der Waals surface area (Å²) in [5.41, 5.74) is 0.284. The van der Waals surface area contributed by atoms with E-state index in [9.17, 15) is 25.2 Å². The van der Waals surface area contributed by atoms with Gasteiger partial charge in [-0.3, -0.25) is 4.79 Å². The van der Waals surface area contributed by atoms with Crippen LogP contribution < -0.4 is 0 Å². The Morgan fingerprint density at radius 1 is 1.11 bits per heavy atom. The number of hydrogen-bond acceptors (Lipinski definition) is 5. The molecule has 0 saturated heterocycles. The van der Waals surface area contributed by atoms with Gasteiger partial charge in [-0.25, -0.2) is 0 Å². The molecule has 1 aromatic carbocycles. The largest absolute Gasteiger partial charge is 0.507 e. The Hall–Kier alpha value is -1.95. The highest BCUT2D eigenvalue weighted by atomic mass is 16.5. The van der Waals surface area contributed by atoms with Crippen LogP contribution in [-0.2, 0) is 4.79 Å². The van der Waals surface area contributed by atoms with Crippen LogP contribution in [0.15, 0.2) is 48.1 Å². The third kappa shape index (κ3) is 1.95. The lowest BCUT2D eigenvalue weighted by Gasteiger charge is -2.29. The molecule has 18 heavy (non-hydrogen) atoms. The number of hydrogen-bond donors (Lipinski definition) is 4. The van der Waals surface area contributed by atoms with Crippen molar-refractivity contribution in [3.63, 3.8) is 0 Å². The van der Waals surface area contributed by atoms with E-state index in [0.29, 0.717) is 5.56 Å². The van der Waals surface area contributed by atoms with E-state index in [4.69, 9.17) is 0 Å². The molecular formula is C13H12O5. The standard InChI is InChI=1S/C13H12O5/c14-10-7-6-9(12(16)13(10,17)18)11(15)8-4-2-1-3-5-8/h1-7,12,15-18H. The monoisotopic (exact) mass is 248 g/mol. The quantitative estimate of drug-likeness (QED) is 0.418. The van der Waals surface area contributed by atoms with Gasteiger partial charge in [0.25, 0.3) is 5.79 Å². The van der Waals surface area contributed by atoms with Crippen LogP contribution in [-0.4, -0.2) is 38.1 Å².